The number of aryl methyl sites for hydroxylation is 1. The second-order valence-corrected chi connectivity index (χ2v) is 7.91. The Balaban J connectivity index is 1.57. The average molecular weight is 351 g/mol. The molecule has 0 saturated carbocycles. The zero-order valence-electron chi connectivity index (χ0n) is 16.0. The number of hydrogen-bond acceptors (Lipinski definition) is 5. The predicted octanol–water partition coefficient (Wildman–Crippen LogP) is 1.44. The summed E-state index contributed by atoms with van der Waals surface area (Å²) in [7, 11) is 0. The lowest BCUT2D eigenvalue weighted by Gasteiger charge is -2.37. The van der Waals surface area contributed by atoms with Crippen LogP contribution in [-0.2, 0) is 17.8 Å². The topological polar surface area (TPSA) is 53.8 Å². The highest BCUT2D eigenvalue weighted by Crippen LogP contribution is 2.26. The fourth-order valence-corrected chi connectivity index (χ4v) is 4.48. The highest BCUT2D eigenvalue weighted by Gasteiger charge is 2.35. The lowest BCUT2D eigenvalue weighted by atomic mass is 9.96. The molecule has 0 unspecified atom stereocenters. The van der Waals surface area contributed by atoms with Crippen molar-refractivity contribution >= 4 is 0 Å². The van der Waals surface area contributed by atoms with Gasteiger partial charge in [-0.25, -0.2) is 4.98 Å². The van der Waals surface area contributed by atoms with Crippen molar-refractivity contribution in [2.45, 2.75) is 52.5 Å². The van der Waals surface area contributed by atoms with E-state index >= 15 is 0 Å². The quantitative estimate of drug-likeness (QED) is 0.806. The first-order valence-electron chi connectivity index (χ1n) is 9.80. The molecule has 0 aromatic carbocycles. The van der Waals surface area contributed by atoms with Crippen molar-refractivity contribution < 1.29 is 9.84 Å². The lowest BCUT2D eigenvalue weighted by Crippen LogP contribution is -2.48. The van der Waals surface area contributed by atoms with Crippen molar-refractivity contribution in [2.75, 3.05) is 39.3 Å². The van der Waals surface area contributed by atoms with Crippen LogP contribution in [0.4, 0.5) is 0 Å². The molecule has 2 fully saturated rings. The molecule has 3 rings (SSSR count). The number of morpholine rings is 1. The first-order chi connectivity index (χ1) is 12.1. The lowest BCUT2D eigenvalue weighted by molar-refractivity contribution is -0.0727. The molecule has 2 saturated heterocycles. The molecule has 6 nitrogen and oxygen atoms in total. The number of nitrogens with zero attached hydrogens (tertiary/aromatic N) is 4. The first kappa shape index (κ1) is 18.8. The smallest absolute Gasteiger partial charge is 0.122 e. The molecule has 2 aliphatic heterocycles. The van der Waals surface area contributed by atoms with E-state index in [1.54, 1.807) is 0 Å². The van der Waals surface area contributed by atoms with Crippen molar-refractivity contribution in [1.82, 2.24) is 19.4 Å². The van der Waals surface area contributed by atoms with Crippen LogP contribution in [-0.4, -0.2) is 76.0 Å². The highest BCUT2D eigenvalue weighted by atomic mass is 16.5. The standard InChI is InChI=1S/C19H34N4O2/c1-4-6-23-7-5-20-19(23)13-22-11-17(18(12-22)14-24)10-21-8-15(2)25-16(3)9-21/h5,7,15-18,24H,4,6,8-14H2,1-3H3/t15-,16+,17-,18-/m1/s1. The van der Waals surface area contributed by atoms with E-state index in [0.29, 0.717) is 24.0 Å². The minimum absolute atomic E-state index is 0.278. The summed E-state index contributed by atoms with van der Waals surface area (Å²) >= 11 is 0. The van der Waals surface area contributed by atoms with Crippen LogP contribution in [0.25, 0.3) is 0 Å². The number of ether oxygens (including phenoxy) is 1. The van der Waals surface area contributed by atoms with Gasteiger partial charge in [0.05, 0.1) is 18.8 Å². The number of aliphatic hydroxyl groups excluding tert-OH is 1. The van der Waals surface area contributed by atoms with Crippen LogP contribution >= 0.6 is 0 Å². The molecule has 0 amide bonds. The second-order valence-electron chi connectivity index (χ2n) is 7.91. The minimum Gasteiger partial charge on any atom is -0.396 e. The maximum absolute atomic E-state index is 9.86. The van der Waals surface area contributed by atoms with Gasteiger partial charge in [0.15, 0.2) is 0 Å². The molecule has 142 valence electrons. The molecule has 4 atom stereocenters. The average Bonchev–Trinajstić information content (AvgIpc) is 3.14. The van der Waals surface area contributed by atoms with Gasteiger partial charge in [-0.15, -0.1) is 0 Å². The second kappa shape index (κ2) is 8.62. The van der Waals surface area contributed by atoms with Crippen molar-refractivity contribution in [3.63, 3.8) is 0 Å². The maximum atomic E-state index is 9.86. The fraction of sp³-hybridized carbons (Fsp3) is 0.842. The Labute approximate surface area is 151 Å². The zero-order valence-corrected chi connectivity index (χ0v) is 16.0. The number of rotatable bonds is 7. The van der Waals surface area contributed by atoms with Crippen LogP contribution in [0, 0.1) is 11.8 Å². The van der Waals surface area contributed by atoms with E-state index in [9.17, 15) is 5.11 Å². The summed E-state index contributed by atoms with van der Waals surface area (Å²) < 4.78 is 8.11. The Bertz CT molecular complexity index is 525. The minimum atomic E-state index is 0.278. The molecular formula is C19H34N4O2. The van der Waals surface area contributed by atoms with Crippen LogP contribution in [0.1, 0.15) is 33.0 Å². The van der Waals surface area contributed by atoms with Crippen LogP contribution in [0.15, 0.2) is 12.4 Å². The van der Waals surface area contributed by atoms with E-state index in [-0.39, 0.29) is 6.61 Å². The Morgan fingerprint density at radius 3 is 2.52 bits per heavy atom. The molecule has 25 heavy (non-hydrogen) atoms. The van der Waals surface area contributed by atoms with E-state index < -0.39 is 0 Å². The summed E-state index contributed by atoms with van der Waals surface area (Å²) in [4.78, 5) is 9.53. The molecule has 1 N–H and O–H groups in total. The zero-order chi connectivity index (χ0) is 17.8. The van der Waals surface area contributed by atoms with Gasteiger partial charge in [-0.3, -0.25) is 9.80 Å². The van der Waals surface area contributed by atoms with E-state index in [4.69, 9.17) is 4.74 Å². The normalized spacial score (nSPS) is 31.7. The van der Waals surface area contributed by atoms with Crippen LogP contribution < -0.4 is 0 Å². The third kappa shape index (κ3) is 4.82. The summed E-state index contributed by atoms with van der Waals surface area (Å²) in [5.74, 6) is 2.04. The van der Waals surface area contributed by atoms with Gasteiger partial charge in [0.25, 0.3) is 0 Å². The number of aliphatic hydroxyl groups is 1. The van der Waals surface area contributed by atoms with Gasteiger partial charge >= 0.3 is 0 Å². The summed E-state index contributed by atoms with van der Waals surface area (Å²) in [6.07, 6.45) is 5.70. The van der Waals surface area contributed by atoms with Crippen molar-refractivity contribution in [3.05, 3.63) is 18.2 Å². The molecule has 6 heteroatoms. The number of aromatic nitrogens is 2. The third-order valence-electron chi connectivity index (χ3n) is 5.51. The highest BCUT2D eigenvalue weighted by molar-refractivity contribution is 4.95. The van der Waals surface area contributed by atoms with Gasteiger partial charge in [-0.1, -0.05) is 6.92 Å². The van der Waals surface area contributed by atoms with Gasteiger partial charge in [0.1, 0.15) is 5.82 Å². The summed E-state index contributed by atoms with van der Waals surface area (Å²) in [6, 6.07) is 0. The molecule has 0 bridgehead atoms. The van der Waals surface area contributed by atoms with Crippen LogP contribution in [0.3, 0.4) is 0 Å². The number of imidazole rings is 1. The molecule has 1 aromatic heterocycles. The molecule has 2 aliphatic rings. The van der Waals surface area contributed by atoms with Crippen LogP contribution in [0.2, 0.25) is 0 Å². The van der Waals surface area contributed by atoms with Gasteiger partial charge in [0.2, 0.25) is 0 Å². The summed E-state index contributed by atoms with van der Waals surface area (Å²) in [5.41, 5.74) is 0. The fourth-order valence-electron chi connectivity index (χ4n) is 4.48. The SMILES string of the molecule is CCCn1ccnc1CN1C[C@H](CO)[C@H](CN2C[C@@H](C)O[C@@H](C)C2)C1. The van der Waals surface area contributed by atoms with E-state index in [0.717, 1.165) is 58.1 Å². The Hall–Kier alpha value is -0.950. The summed E-state index contributed by atoms with van der Waals surface area (Å²) in [6.45, 7) is 13.8. The molecule has 0 radical (unpaired) electrons. The van der Waals surface area contributed by atoms with E-state index in [1.165, 1.54) is 0 Å². The molecular weight excluding hydrogens is 316 g/mol. The number of hydrogen-bond donors (Lipinski definition) is 1. The maximum Gasteiger partial charge on any atom is 0.122 e. The third-order valence-corrected chi connectivity index (χ3v) is 5.51. The van der Waals surface area contributed by atoms with Crippen LogP contribution in [0.5, 0.6) is 0 Å². The Kier molecular flexibility index (Phi) is 6.49. The van der Waals surface area contributed by atoms with Gasteiger partial charge in [-0.2, -0.15) is 0 Å². The largest absolute Gasteiger partial charge is 0.396 e. The first-order valence-corrected chi connectivity index (χ1v) is 9.80. The molecule has 1 aromatic rings. The number of likely N-dealkylation sites (tertiary alicyclic amines) is 1. The summed E-state index contributed by atoms with van der Waals surface area (Å²) in [5, 5.41) is 9.86. The van der Waals surface area contributed by atoms with E-state index in [1.807, 2.05) is 6.20 Å². The van der Waals surface area contributed by atoms with Crippen molar-refractivity contribution in [3.8, 4) is 0 Å². The van der Waals surface area contributed by atoms with Crippen molar-refractivity contribution in [1.29, 1.82) is 0 Å². The molecule has 3 heterocycles. The monoisotopic (exact) mass is 350 g/mol. The van der Waals surface area contributed by atoms with Crippen molar-refractivity contribution in [2.24, 2.45) is 11.8 Å². The Morgan fingerprint density at radius 1 is 1.12 bits per heavy atom. The molecule has 0 spiro atoms. The van der Waals surface area contributed by atoms with Gasteiger partial charge in [0, 0.05) is 58.3 Å². The van der Waals surface area contributed by atoms with Gasteiger partial charge < -0.3 is 14.4 Å². The Morgan fingerprint density at radius 2 is 1.84 bits per heavy atom. The predicted molar refractivity (Wildman–Crippen MR) is 98.3 cm³/mol. The van der Waals surface area contributed by atoms with Gasteiger partial charge in [-0.05, 0) is 32.1 Å². The molecule has 0 aliphatic carbocycles. The van der Waals surface area contributed by atoms with E-state index in [2.05, 4.69) is 46.3 Å².